The molecule has 0 saturated carbocycles. The van der Waals surface area contributed by atoms with E-state index in [0.29, 0.717) is 23.5 Å². The second kappa shape index (κ2) is 5.96. The molecule has 1 heterocycles. The summed E-state index contributed by atoms with van der Waals surface area (Å²) < 4.78 is 5.32. The van der Waals surface area contributed by atoms with Gasteiger partial charge in [-0.25, -0.2) is 4.79 Å². The van der Waals surface area contributed by atoms with Crippen molar-refractivity contribution in [3.05, 3.63) is 65.7 Å². The fourth-order valence-corrected chi connectivity index (χ4v) is 2.73. The van der Waals surface area contributed by atoms with E-state index >= 15 is 0 Å². The minimum Gasteiger partial charge on any atom is -0.496 e. The van der Waals surface area contributed by atoms with Crippen molar-refractivity contribution in [2.45, 2.75) is 6.54 Å². The SMILES string of the molecule is COc1ccccc1CN1C(=O)C(=CC(=O)O)c2ccccc21. The van der Waals surface area contributed by atoms with Crippen molar-refractivity contribution in [2.75, 3.05) is 12.0 Å². The molecule has 1 aliphatic heterocycles. The molecule has 5 nitrogen and oxygen atoms in total. The Morgan fingerprint density at radius 1 is 1.17 bits per heavy atom. The molecule has 2 aromatic carbocycles. The molecule has 0 unspecified atom stereocenters. The Morgan fingerprint density at radius 3 is 2.61 bits per heavy atom. The Hall–Kier alpha value is -3.08. The molecule has 1 amide bonds. The second-order valence-electron chi connectivity index (χ2n) is 5.12. The fraction of sp³-hybridized carbons (Fsp3) is 0.111. The quantitative estimate of drug-likeness (QED) is 0.882. The number of carboxylic acids is 1. The van der Waals surface area contributed by atoms with Crippen LogP contribution in [0.5, 0.6) is 5.75 Å². The van der Waals surface area contributed by atoms with Gasteiger partial charge in [-0.05, 0) is 12.1 Å². The maximum atomic E-state index is 12.7. The summed E-state index contributed by atoms with van der Waals surface area (Å²) in [7, 11) is 1.58. The summed E-state index contributed by atoms with van der Waals surface area (Å²) in [6.07, 6.45) is 0.962. The zero-order valence-electron chi connectivity index (χ0n) is 12.5. The number of hydrogen-bond acceptors (Lipinski definition) is 3. The lowest BCUT2D eigenvalue weighted by molar-refractivity contribution is -0.131. The molecule has 5 heteroatoms. The lowest BCUT2D eigenvalue weighted by Gasteiger charge is -2.18. The van der Waals surface area contributed by atoms with Crippen molar-refractivity contribution < 1.29 is 19.4 Å². The average Bonchev–Trinajstić information content (AvgIpc) is 2.81. The van der Waals surface area contributed by atoms with Gasteiger partial charge in [0.25, 0.3) is 5.91 Å². The number of aliphatic carboxylic acids is 1. The van der Waals surface area contributed by atoms with Crippen molar-refractivity contribution in [2.24, 2.45) is 0 Å². The predicted molar refractivity (Wildman–Crippen MR) is 86.2 cm³/mol. The van der Waals surface area contributed by atoms with Crippen molar-refractivity contribution in [3.63, 3.8) is 0 Å². The van der Waals surface area contributed by atoms with Crippen LogP contribution in [-0.2, 0) is 16.1 Å². The van der Waals surface area contributed by atoms with Gasteiger partial charge in [0.05, 0.1) is 24.9 Å². The van der Waals surface area contributed by atoms with E-state index < -0.39 is 5.97 Å². The monoisotopic (exact) mass is 309 g/mol. The highest BCUT2D eigenvalue weighted by atomic mass is 16.5. The van der Waals surface area contributed by atoms with Gasteiger partial charge in [0.2, 0.25) is 0 Å². The Kier molecular flexibility index (Phi) is 3.85. The molecule has 1 aliphatic rings. The summed E-state index contributed by atoms with van der Waals surface area (Å²) in [6.45, 7) is 0.316. The third-order valence-corrected chi connectivity index (χ3v) is 3.75. The molecule has 0 radical (unpaired) electrons. The number of carboxylic acid groups (broad SMARTS) is 1. The third-order valence-electron chi connectivity index (χ3n) is 3.75. The summed E-state index contributed by atoms with van der Waals surface area (Å²) in [6, 6.07) is 14.6. The largest absolute Gasteiger partial charge is 0.496 e. The van der Waals surface area contributed by atoms with Crippen LogP contribution in [0.15, 0.2) is 54.6 Å². The smallest absolute Gasteiger partial charge is 0.329 e. The number of anilines is 1. The zero-order valence-corrected chi connectivity index (χ0v) is 12.5. The minimum absolute atomic E-state index is 0.197. The van der Waals surface area contributed by atoms with Crippen LogP contribution in [0.25, 0.3) is 5.57 Å². The molecule has 0 saturated heterocycles. The molecule has 0 bridgehead atoms. The van der Waals surface area contributed by atoms with Crippen molar-refractivity contribution >= 4 is 23.1 Å². The van der Waals surface area contributed by atoms with E-state index in [1.54, 1.807) is 24.1 Å². The van der Waals surface area contributed by atoms with Crippen molar-refractivity contribution in [1.29, 1.82) is 0 Å². The Bertz CT molecular complexity index is 810. The van der Waals surface area contributed by atoms with E-state index in [-0.39, 0.29) is 11.5 Å². The van der Waals surface area contributed by atoms with Crippen LogP contribution >= 0.6 is 0 Å². The van der Waals surface area contributed by atoms with E-state index in [9.17, 15) is 9.59 Å². The Morgan fingerprint density at radius 2 is 1.87 bits per heavy atom. The lowest BCUT2D eigenvalue weighted by Crippen LogP contribution is -2.26. The van der Waals surface area contributed by atoms with E-state index in [1.807, 2.05) is 36.4 Å². The van der Waals surface area contributed by atoms with E-state index in [2.05, 4.69) is 0 Å². The van der Waals surface area contributed by atoms with Gasteiger partial charge in [0.1, 0.15) is 5.75 Å². The van der Waals surface area contributed by atoms with E-state index in [0.717, 1.165) is 11.6 Å². The van der Waals surface area contributed by atoms with Crippen molar-refractivity contribution in [3.8, 4) is 5.75 Å². The Labute approximate surface area is 133 Å². The number of amides is 1. The molecule has 116 valence electrons. The number of benzene rings is 2. The molecule has 1 N–H and O–H groups in total. The number of carbonyl (C=O) groups is 2. The summed E-state index contributed by atoms with van der Waals surface area (Å²) in [5.74, 6) is -0.768. The van der Waals surface area contributed by atoms with Gasteiger partial charge in [-0.3, -0.25) is 4.79 Å². The fourth-order valence-electron chi connectivity index (χ4n) is 2.73. The molecule has 23 heavy (non-hydrogen) atoms. The number of rotatable bonds is 4. The molecular weight excluding hydrogens is 294 g/mol. The molecule has 0 spiro atoms. The van der Waals surface area contributed by atoms with Crippen LogP contribution in [-0.4, -0.2) is 24.1 Å². The van der Waals surface area contributed by atoms with Gasteiger partial charge in [-0.1, -0.05) is 36.4 Å². The molecule has 0 aromatic heterocycles. The molecular formula is C18H15NO4. The highest BCUT2D eigenvalue weighted by Crippen LogP contribution is 2.38. The highest BCUT2D eigenvalue weighted by molar-refractivity contribution is 6.34. The van der Waals surface area contributed by atoms with Gasteiger partial charge in [-0.15, -0.1) is 0 Å². The summed E-state index contributed by atoms with van der Waals surface area (Å²) in [5, 5.41) is 9.01. The van der Waals surface area contributed by atoms with Crippen LogP contribution in [0.1, 0.15) is 11.1 Å². The summed E-state index contributed by atoms with van der Waals surface area (Å²) in [5.41, 5.74) is 2.39. The first-order chi connectivity index (χ1) is 11.1. The number of carbonyl (C=O) groups excluding carboxylic acids is 1. The van der Waals surface area contributed by atoms with Crippen LogP contribution < -0.4 is 9.64 Å². The van der Waals surface area contributed by atoms with E-state index in [4.69, 9.17) is 9.84 Å². The first-order valence-corrected chi connectivity index (χ1v) is 7.09. The number of hydrogen-bond donors (Lipinski definition) is 1. The highest BCUT2D eigenvalue weighted by Gasteiger charge is 2.33. The van der Waals surface area contributed by atoms with Gasteiger partial charge in [0.15, 0.2) is 0 Å². The molecule has 2 aromatic rings. The average molecular weight is 309 g/mol. The summed E-state index contributed by atoms with van der Waals surface area (Å²) >= 11 is 0. The van der Waals surface area contributed by atoms with Crippen molar-refractivity contribution in [1.82, 2.24) is 0 Å². The van der Waals surface area contributed by atoms with Crippen LogP contribution in [0.3, 0.4) is 0 Å². The lowest BCUT2D eigenvalue weighted by atomic mass is 10.1. The summed E-state index contributed by atoms with van der Waals surface area (Å²) in [4.78, 5) is 25.2. The van der Waals surface area contributed by atoms with E-state index in [1.165, 1.54) is 0 Å². The first kappa shape index (κ1) is 14.8. The van der Waals surface area contributed by atoms with Gasteiger partial charge < -0.3 is 14.7 Å². The topological polar surface area (TPSA) is 66.8 Å². The number of nitrogens with zero attached hydrogens (tertiary/aromatic N) is 1. The molecule has 0 atom stereocenters. The van der Waals surface area contributed by atoms with Gasteiger partial charge in [-0.2, -0.15) is 0 Å². The molecule has 0 aliphatic carbocycles. The number of para-hydroxylation sites is 2. The van der Waals surface area contributed by atoms with Crippen LogP contribution in [0.2, 0.25) is 0 Å². The van der Waals surface area contributed by atoms with Gasteiger partial charge >= 0.3 is 5.97 Å². The second-order valence-corrected chi connectivity index (χ2v) is 5.12. The third kappa shape index (κ3) is 2.68. The standard InChI is InChI=1S/C18H15NO4/c1-23-16-9-5-2-6-12(16)11-19-15-8-4-3-7-13(15)14(18(19)22)10-17(20)21/h2-10H,11H2,1H3,(H,20,21). The molecule has 3 rings (SSSR count). The minimum atomic E-state index is -1.14. The predicted octanol–water partition coefficient (Wildman–Crippen LogP) is 2.71. The van der Waals surface area contributed by atoms with Crippen LogP contribution in [0, 0.1) is 0 Å². The van der Waals surface area contributed by atoms with Crippen LogP contribution in [0.4, 0.5) is 5.69 Å². The zero-order chi connectivity index (χ0) is 16.4. The first-order valence-electron chi connectivity index (χ1n) is 7.09. The van der Waals surface area contributed by atoms with Gasteiger partial charge in [0, 0.05) is 17.2 Å². The Balaban J connectivity index is 2.04. The maximum Gasteiger partial charge on any atom is 0.329 e. The normalized spacial score (nSPS) is 14.9. The number of fused-ring (bicyclic) bond motifs is 1. The maximum absolute atomic E-state index is 12.7. The number of methoxy groups -OCH3 is 1. The molecule has 0 fully saturated rings. The number of ether oxygens (including phenoxy) is 1.